The number of hydrogen-bond acceptors (Lipinski definition) is 7. The van der Waals surface area contributed by atoms with E-state index >= 15 is 0 Å². The van der Waals surface area contributed by atoms with E-state index in [1.807, 2.05) is 49.4 Å². The Labute approximate surface area is 205 Å². The summed E-state index contributed by atoms with van der Waals surface area (Å²) in [5.41, 5.74) is 3.13. The fraction of sp³-hybridized carbons (Fsp3) is 0.346. The Morgan fingerprint density at radius 2 is 1.71 bits per heavy atom. The molecule has 1 aliphatic rings. The van der Waals surface area contributed by atoms with Gasteiger partial charge in [-0.3, -0.25) is 0 Å². The van der Waals surface area contributed by atoms with Gasteiger partial charge in [-0.2, -0.15) is 9.29 Å². The van der Waals surface area contributed by atoms with Gasteiger partial charge in [0.2, 0.25) is 10.0 Å². The van der Waals surface area contributed by atoms with Crippen molar-refractivity contribution in [3.05, 3.63) is 66.0 Å². The molecule has 0 spiro atoms. The van der Waals surface area contributed by atoms with Crippen molar-refractivity contribution in [2.45, 2.75) is 38.0 Å². The summed E-state index contributed by atoms with van der Waals surface area (Å²) >= 11 is 0. The van der Waals surface area contributed by atoms with Gasteiger partial charge in [-0.05, 0) is 31.9 Å². The fourth-order valence-corrected chi connectivity index (χ4v) is 5.91. The van der Waals surface area contributed by atoms with Crippen LogP contribution in [0.1, 0.15) is 31.2 Å². The third-order valence-corrected chi connectivity index (χ3v) is 8.21. The molecule has 0 radical (unpaired) electrons. The minimum atomic E-state index is -3.56. The zero-order valence-electron chi connectivity index (χ0n) is 20.0. The number of nitrogens with zero attached hydrogens (tertiary/aromatic N) is 5. The van der Waals surface area contributed by atoms with Crippen LogP contribution in [-0.2, 0) is 16.4 Å². The van der Waals surface area contributed by atoms with Gasteiger partial charge >= 0.3 is 0 Å². The molecule has 5 rings (SSSR count). The highest BCUT2D eigenvalue weighted by Crippen LogP contribution is 2.34. The van der Waals surface area contributed by atoms with E-state index in [0.29, 0.717) is 54.7 Å². The molecular formula is C26H29N5O3S. The Hall–Kier alpha value is -3.30. The minimum Gasteiger partial charge on any atom is -0.354 e. The first kappa shape index (κ1) is 23.4. The molecule has 0 bridgehead atoms. The molecule has 1 aliphatic heterocycles. The summed E-state index contributed by atoms with van der Waals surface area (Å²) < 4.78 is 33.8. The smallest absolute Gasteiger partial charge is 0.263 e. The monoisotopic (exact) mass is 491 g/mol. The van der Waals surface area contributed by atoms with Gasteiger partial charge < -0.3 is 9.42 Å². The molecule has 182 valence electrons. The molecule has 4 aromatic rings. The number of aromatic nitrogens is 3. The number of sulfonamides is 1. The van der Waals surface area contributed by atoms with Crippen LogP contribution in [0.25, 0.3) is 22.4 Å². The van der Waals surface area contributed by atoms with Gasteiger partial charge in [0.25, 0.3) is 5.71 Å². The van der Waals surface area contributed by atoms with Gasteiger partial charge in [0.1, 0.15) is 22.7 Å². The van der Waals surface area contributed by atoms with Crippen LogP contribution in [0.5, 0.6) is 0 Å². The molecule has 0 N–H and O–H groups in total. The van der Waals surface area contributed by atoms with Crippen LogP contribution in [0.4, 0.5) is 5.82 Å². The second kappa shape index (κ2) is 9.75. The minimum absolute atomic E-state index is 0.330. The van der Waals surface area contributed by atoms with Crippen LogP contribution in [0.3, 0.4) is 0 Å². The summed E-state index contributed by atoms with van der Waals surface area (Å²) in [6.07, 6.45) is 2.32. The predicted molar refractivity (Wildman–Crippen MR) is 136 cm³/mol. The van der Waals surface area contributed by atoms with Gasteiger partial charge in [-0.15, -0.1) is 0 Å². The standard InChI is InChI=1S/C26H29N5O3S/c1-3-8-22-27-25(23-24(29-34-26(23)28-22)20-9-5-4-6-10-20)30-15-7-16-31(18-17-30)35(32,33)21-13-11-19(2)12-14-21/h4-6,9-14H,3,7-8,15-18H2,1-2H3. The highest BCUT2D eigenvalue weighted by molar-refractivity contribution is 7.89. The van der Waals surface area contributed by atoms with Crippen LogP contribution in [-0.4, -0.2) is 54.0 Å². The van der Waals surface area contributed by atoms with Crippen LogP contribution < -0.4 is 4.90 Å². The zero-order chi connectivity index (χ0) is 24.4. The Kier molecular flexibility index (Phi) is 6.53. The number of hydrogen-bond donors (Lipinski definition) is 0. The maximum absolute atomic E-state index is 13.3. The predicted octanol–water partition coefficient (Wildman–Crippen LogP) is 4.45. The van der Waals surface area contributed by atoms with E-state index in [0.717, 1.165) is 35.2 Å². The molecule has 3 heterocycles. The number of rotatable bonds is 6. The molecular weight excluding hydrogens is 462 g/mol. The number of fused-ring (bicyclic) bond motifs is 1. The van der Waals surface area contributed by atoms with Crippen LogP contribution >= 0.6 is 0 Å². The second-order valence-electron chi connectivity index (χ2n) is 8.85. The summed E-state index contributed by atoms with van der Waals surface area (Å²) in [7, 11) is -3.56. The molecule has 0 unspecified atom stereocenters. The van der Waals surface area contributed by atoms with Crippen LogP contribution in [0.15, 0.2) is 64.0 Å². The Morgan fingerprint density at radius 3 is 2.46 bits per heavy atom. The number of aryl methyl sites for hydroxylation is 2. The maximum atomic E-state index is 13.3. The molecule has 0 saturated carbocycles. The van der Waals surface area contributed by atoms with E-state index in [2.05, 4.69) is 22.0 Å². The zero-order valence-corrected chi connectivity index (χ0v) is 20.8. The van der Waals surface area contributed by atoms with E-state index in [9.17, 15) is 8.42 Å². The largest absolute Gasteiger partial charge is 0.354 e. The molecule has 2 aromatic heterocycles. The lowest BCUT2D eigenvalue weighted by atomic mass is 10.1. The molecule has 9 heteroatoms. The van der Waals surface area contributed by atoms with Crippen LogP contribution in [0.2, 0.25) is 0 Å². The van der Waals surface area contributed by atoms with Gasteiger partial charge in [-0.1, -0.05) is 60.1 Å². The Morgan fingerprint density at radius 1 is 0.943 bits per heavy atom. The Bertz CT molecular complexity index is 1420. The van der Waals surface area contributed by atoms with E-state index in [1.165, 1.54) is 0 Å². The molecule has 0 amide bonds. The average Bonchev–Trinajstić information content (AvgIpc) is 3.12. The lowest BCUT2D eigenvalue weighted by molar-refractivity contribution is 0.433. The van der Waals surface area contributed by atoms with Gasteiger partial charge in [-0.25, -0.2) is 13.4 Å². The van der Waals surface area contributed by atoms with Gasteiger partial charge in [0.15, 0.2) is 0 Å². The summed E-state index contributed by atoms with van der Waals surface area (Å²) in [5.74, 6) is 1.47. The average molecular weight is 492 g/mol. The van der Waals surface area contributed by atoms with E-state index in [1.54, 1.807) is 16.4 Å². The normalized spacial score (nSPS) is 15.4. The summed E-state index contributed by atoms with van der Waals surface area (Å²) in [6.45, 7) is 6.06. The van der Waals surface area contributed by atoms with Gasteiger partial charge in [0, 0.05) is 38.2 Å². The summed E-state index contributed by atoms with van der Waals surface area (Å²) in [6, 6.07) is 16.9. The van der Waals surface area contributed by atoms with Crippen molar-refractivity contribution in [2.75, 3.05) is 31.1 Å². The van der Waals surface area contributed by atoms with Crippen molar-refractivity contribution in [3.8, 4) is 11.3 Å². The van der Waals surface area contributed by atoms with E-state index < -0.39 is 10.0 Å². The van der Waals surface area contributed by atoms with Crippen molar-refractivity contribution in [2.24, 2.45) is 0 Å². The topological polar surface area (TPSA) is 92.4 Å². The maximum Gasteiger partial charge on any atom is 0.263 e. The SMILES string of the molecule is CCCc1nc(N2CCCN(S(=O)(=O)c3ccc(C)cc3)CC2)c2c(-c3ccccc3)noc2n1. The molecule has 8 nitrogen and oxygen atoms in total. The second-order valence-corrected chi connectivity index (χ2v) is 10.8. The van der Waals surface area contributed by atoms with Crippen molar-refractivity contribution >= 4 is 26.9 Å². The first-order valence-corrected chi connectivity index (χ1v) is 13.4. The van der Waals surface area contributed by atoms with E-state index in [4.69, 9.17) is 9.51 Å². The number of anilines is 1. The highest BCUT2D eigenvalue weighted by atomic mass is 32.2. The quantitative estimate of drug-likeness (QED) is 0.393. The fourth-order valence-electron chi connectivity index (χ4n) is 4.44. The van der Waals surface area contributed by atoms with Gasteiger partial charge in [0.05, 0.1) is 4.90 Å². The summed E-state index contributed by atoms with van der Waals surface area (Å²) in [4.78, 5) is 12.0. The van der Waals surface area contributed by atoms with Crippen LogP contribution in [0, 0.1) is 6.92 Å². The number of benzene rings is 2. The molecule has 2 aromatic carbocycles. The molecule has 0 aliphatic carbocycles. The molecule has 1 saturated heterocycles. The van der Waals surface area contributed by atoms with Crippen molar-refractivity contribution in [1.29, 1.82) is 0 Å². The first-order chi connectivity index (χ1) is 17.0. The molecule has 1 fully saturated rings. The Balaban J connectivity index is 1.50. The van der Waals surface area contributed by atoms with E-state index in [-0.39, 0.29) is 0 Å². The van der Waals surface area contributed by atoms with Crippen molar-refractivity contribution < 1.29 is 12.9 Å². The third-order valence-electron chi connectivity index (χ3n) is 6.30. The molecule has 0 atom stereocenters. The molecule has 35 heavy (non-hydrogen) atoms. The lowest BCUT2D eigenvalue weighted by Crippen LogP contribution is -2.35. The summed E-state index contributed by atoms with van der Waals surface area (Å²) in [5, 5.41) is 5.11. The highest BCUT2D eigenvalue weighted by Gasteiger charge is 2.29. The lowest BCUT2D eigenvalue weighted by Gasteiger charge is -2.23. The van der Waals surface area contributed by atoms with Crippen molar-refractivity contribution in [1.82, 2.24) is 19.4 Å². The van der Waals surface area contributed by atoms with Crippen molar-refractivity contribution in [3.63, 3.8) is 0 Å². The first-order valence-electron chi connectivity index (χ1n) is 12.0. The third kappa shape index (κ3) is 4.66.